The number of benzene rings is 2. The van der Waals surface area contributed by atoms with Crippen LogP contribution in [0.2, 0.25) is 0 Å². The van der Waals surface area contributed by atoms with E-state index < -0.39 is 28.1 Å². The van der Waals surface area contributed by atoms with E-state index in [-0.39, 0.29) is 41.9 Å². The van der Waals surface area contributed by atoms with Gasteiger partial charge in [0.25, 0.3) is 17.2 Å². The molecule has 35 heavy (non-hydrogen) atoms. The molecule has 10 nitrogen and oxygen atoms in total. The van der Waals surface area contributed by atoms with Gasteiger partial charge in [-0.3, -0.25) is 24.3 Å². The van der Waals surface area contributed by atoms with Crippen LogP contribution in [0.1, 0.15) is 21.5 Å². The zero-order valence-electron chi connectivity index (χ0n) is 17.9. The summed E-state index contributed by atoms with van der Waals surface area (Å²) in [7, 11) is 0. The summed E-state index contributed by atoms with van der Waals surface area (Å²) in [5.41, 5.74) is -0.822. The molecule has 2 heterocycles. The number of halogens is 3. The van der Waals surface area contributed by atoms with Crippen LogP contribution in [0.25, 0.3) is 11.0 Å². The Hall–Kier alpha value is -4.55. The molecular weight excluding hydrogens is 469 g/mol. The Morgan fingerprint density at radius 3 is 2.66 bits per heavy atom. The van der Waals surface area contributed by atoms with Crippen molar-refractivity contribution in [3.63, 3.8) is 0 Å². The van der Waals surface area contributed by atoms with Gasteiger partial charge in [0.15, 0.2) is 5.65 Å². The molecule has 0 aliphatic rings. The Labute approximate surface area is 194 Å². The smallest absolute Gasteiger partial charge is 0.350 e. The van der Waals surface area contributed by atoms with Crippen molar-refractivity contribution in [1.82, 2.24) is 24.6 Å². The fourth-order valence-corrected chi connectivity index (χ4v) is 3.45. The molecule has 0 atom stereocenters. The van der Waals surface area contributed by atoms with Crippen molar-refractivity contribution in [3.05, 3.63) is 98.2 Å². The van der Waals surface area contributed by atoms with Gasteiger partial charge in [-0.25, -0.2) is 9.67 Å². The second-order valence-corrected chi connectivity index (χ2v) is 7.54. The molecule has 2 aromatic carbocycles. The monoisotopic (exact) mass is 486 g/mol. The Balaban J connectivity index is 1.45. The van der Waals surface area contributed by atoms with E-state index >= 15 is 0 Å². The minimum Gasteiger partial charge on any atom is -0.350 e. The van der Waals surface area contributed by atoms with Crippen LogP contribution in [0.5, 0.6) is 0 Å². The van der Waals surface area contributed by atoms with Crippen molar-refractivity contribution in [2.45, 2.75) is 19.3 Å². The maximum absolute atomic E-state index is 12.9. The maximum atomic E-state index is 12.9. The summed E-state index contributed by atoms with van der Waals surface area (Å²) in [4.78, 5) is 39.5. The number of nitro groups is 1. The van der Waals surface area contributed by atoms with Crippen LogP contribution in [-0.2, 0) is 19.3 Å². The van der Waals surface area contributed by atoms with Crippen molar-refractivity contribution in [3.8, 4) is 0 Å². The fraction of sp³-hybridized carbons (Fsp3) is 0.182. The van der Waals surface area contributed by atoms with Crippen LogP contribution in [0.3, 0.4) is 0 Å². The Kier molecular flexibility index (Phi) is 6.32. The number of nitrogens with one attached hydrogen (secondary N) is 1. The van der Waals surface area contributed by atoms with Crippen LogP contribution < -0.4 is 10.9 Å². The molecule has 0 bridgehead atoms. The predicted molar refractivity (Wildman–Crippen MR) is 118 cm³/mol. The van der Waals surface area contributed by atoms with Crippen molar-refractivity contribution in [2.75, 3.05) is 6.54 Å². The molecule has 0 aliphatic carbocycles. The summed E-state index contributed by atoms with van der Waals surface area (Å²) in [6.07, 6.45) is -1.96. The lowest BCUT2D eigenvalue weighted by Gasteiger charge is -2.10. The molecule has 4 aromatic rings. The Bertz CT molecular complexity index is 1480. The SMILES string of the molecule is O=C(NCCn1ncc2c(=O)n(Cc3cccc(C(F)(F)F)c3)cnc21)c1cccc([N+](=O)[O-])c1. The van der Waals surface area contributed by atoms with Gasteiger partial charge in [-0.2, -0.15) is 18.3 Å². The van der Waals surface area contributed by atoms with E-state index in [9.17, 15) is 32.9 Å². The van der Waals surface area contributed by atoms with Crippen LogP contribution in [0.4, 0.5) is 18.9 Å². The van der Waals surface area contributed by atoms with Crippen LogP contribution in [0.15, 0.2) is 65.8 Å². The summed E-state index contributed by atoms with van der Waals surface area (Å²) < 4.78 is 41.4. The van der Waals surface area contributed by atoms with Crippen LogP contribution in [0, 0.1) is 10.1 Å². The minimum absolute atomic E-state index is 0.101. The largest absolute Gasteiger partial charge is 0.416 e. The van der Waals surface area contributed by atoms with Gasteiger partial charge < -0.3 is 5.32 Å². The summed E-state index contributed by atoms with van der Waals surface area (Å²) in [5, 5.41) is 17.8. The molecule has 0 spiro atoms. The van der Waals surface area contributed by atoms with Crippen molar-refractivity contribution in [2.24, 2.45) is 0 Å². The molecule has 13 heteroatoms. The van der Waals surface area contributed by atoms with E-state index in [0.29, 0.717) is 5.56 Å². The van der Waals surface area contributed by atoms with Crippen molar-refractivity contribution >= 4 is 22.6 Å². The number of rotatable bonds is 7. The van der Waals surface area contributed by atoms with E-state index in [1.54, 1.807) is 0 Å². The topological polar surface area (TPSA) is 125 Å². The number of carbonyl (C=O) groups excluding carboxylic acids is 1. The Morgan fingerprint density at radius 2 is 1.91 bits per heavy atom. The van der Waals surface area contributed by atoms with Gasteiger partial charge in [-0.05, 0) is 23.8 Å². The van der Waals surface area contributed by atoms with E-state index in [4.69, 9.17) is 0 Å². The number of hydrogen-bond donors (Lipinski definition) is 1. The van der Waals surface area contributed by atoms with E-state index in [1.807, 2.05) is 0 Å². The van der Waals surface area contributed by atoms with E-state index in [1.165, 1.54) is 52.1 Å². The molecule has 0 saturated heterocycles. The molecule has 1 N–H and O–H groups in total. The highest BCUT2D eigenvalue weighted by molar-refractivity contribution is 5.94. The number of fused-ring (bicyclic) bond motifs is 1. The number of nitrogens with zero attached hydrogens (tertiary/aromatic N) is 5. The molecule has 2 aromatic heterocycles. The van der Waals surface area contributed by atoms with Gasteiger partial charge in [-0.1, -0.05) is 18.2 Å². The normalized spacial score (nSPS) is 11.5. The molecule has 0 radical (unpaired) electrons. The molecule has 0 unspecified atom stereocenters. The predicted octanol–water partition coefficient (Wildman–Crippen LogP) is 3.00. The second kappa shape index (κ2) is 9.37. The first-order valence-corrected chi connectivity index (χ1v) is 10.2. The first-order chi connectivity index (χ1) is 16.6. The summed E-state index contributed by atoms with van der Waals surface area (Å²) in [6, 6.07) is 9.97. The lowest BCUT2D eigenvalue weighted by Crippen LogP contribution is -2.28. The average Bonchev–Trinajstić information content (AvgIpc) is 3.24. The zero-order valence-corrected chi connectivity index (χ0v) is 17.9. The highest BCUT2D eigenvalue weighted by atomic mass is 19.4. The number of aromatic nitrogens is 4. The number of amides is 1. The summed E-state index contributed by atoms with van der Waals surface area (Å²) in [6.45, 7) is 0.164. The standard InChI is InChI=1S/C22H17F3N6O4/c23-22(24,25)16-5-1-3-14(9-16)12-29-13-27-19-18(21(29)33)11-28-30(19)8-7-26-20(32)15-4-2-6-17(10-15)31(34)35/h1-6,9-11,13H,7-8,12H2,(H,26,32). The van der Waals surface area contributed by atoms with Gasteiger partial charge in [0.2, 0.25) is 0 Å². The van der Waals surface area contributed by atoms with Crippen LogP contribution >= 0.6 is 0 Å². The minimum atomic E-state index is -4.49. The Morgan fingerprint density at radius 1 is 1.14 bits per heavy atom. The fourth-order valence-electron chi connectivity index (χ4n) is 3.45. The number of nitro benzene ring substituents is 1. The maximum Gasteiger partial charge on any atom is 0.416 e. The highest BCUT2D eigenvalue weighted by Gasteiger charge is 2.30. The summed E-state index contributed by atoms with van der Waals surface area (Å²) >= 11 is 0. The number of non-ortho nitro benzene ring substituents is 1. The lowest BCUT2D eigenvalue weighted by molar-refractivity contribution is -0.384. The third kappa shape index (κ3) is 5.18. The third-order valence-corrected chi connectivity index (χ3v) is 5.16. The number of alkyl halides is 3. The molecular formula is C22H17F3N6O4. The van der Waals surface area contributed by atoms with Gasteiger partial charge in [-0.15, -0.1) is 0 Å². The first kappa shape index (κ1) is 23.6. The molecule has 0 saturated carbocycles. The lowest BCUT2D eigenvalue weighted by atomic mass is 10.1. The molecule has 0 fully saturated rings. The summed E-state index contributed by atoms with van der Waals surface area (Å²) in [5.74, 6) is -0.512. The van der Waals surface area contributed by atoms with Gasteiger partial charge in [0.1, 0.15) is 11.7 Å². The molecule has 1 amide bonds. The molecule has 180 valence electrons. The average molecular weight is 486 g/mol. The van der Waals surface area contributed by atoms with Crippen molar-refractivity contribution in [1.29, 1.82) is 0 Å². The zero-order chi connectivity index (χ0) is 25.2. The quantitative estimate of drug-likeness (QED) is 0.316. The number of carbonyl (C=O) groups is 1. The highest BCUT2D eigenvalue weighted by Crippen LogP contribution is 2.29. The second-order valence-electron chi connectivity index (χ2n) is 7.54. The number of hydrogen-bond acceptors (Lipinski definition) is 6. The van der Waals surface area contributed by atoms with Gasteiger partial charge >= 0.3 is 6.18 Å². The first-order valence-electron chi connectivity index (χ1n) is 10.2. The third-order valence-electron chi connectivity index (χ3n) is 5.16. The van der Waals surface area contributed by atoms with Gasteiger partial charge in [0, 0.05) is 24.2 Å². The van der Waals surface area contributed by atoms with Crippen LogP contribution in [-0.4, -0.2) is 36.7 Å². The van der Waals surface area contributed by atoms with Gasteiger partial charge in [0.05, 0.1) is 29.8 Å². The van der Waals surface area contributed by atoms with E-state index in [2.05, 4.69) is 15.4 Å². The molecule has 0 aliphatic heterocycles. The van der Waals surface area contributed by atoms with Crippen molar-refractivity contribution < 1.29 is 22.9 Å². The molecule has 4 rings (SSSR count). The van der Waals surface area contributed by atoms with E-state index in [0.717, 1.165) is 18.2 Å².